The molecule has 1 saturated heterocycles. The van der Waals surface area contributed by atoms with E-state index in [1.54, 1.807) is 0 Å². The second-order valence-corrected chi connectivity index (χ2v) is 7.66. The van der Waals surface area contributed by atoms with E-state index >= 15 is 0 Å². The summed E-state index contributed by atoms with van der Waals surface area (Å²) in [6.07, 6.45) is 0.391. The van der Waals surface area contributed by atoms with Crippen LogP contribution in [0.5, 0.6) is 5.75 Å². The quantitative estimate of drug-likeness (QED) is 0.730. The Morgan fingerprint density at radius 1 is 1.18 bits per heavy atom. The van der Waals surface area contributed by atoms with Crippen molar-refractivity contribution in [3.63, 3.8) is 0 Å². The number of benzene rings is 2. The van der Waals surface area contributed by atoms with Gasteiger partial charge in [0.2, 0.25) is 0 Å². The van der Waals surface area contributed by atoms with E-state index in [9.17, 15) is 15.0 Å². The molecule has 28 heavy (non-hydrogen) atoms. The molecule has 0 aliphatic carbocycles. The lowest BCUT2D eigenvalue weighted by molar-refractivity contribution is -0.118. The molecule has 0 radical (unpaired) electrons. The molecule has 2 aromatic carbocycles. The molecular weight excluding hydrogens is 382 g/mol. The number of hydrogen-bond acceptors (Lipinski definition) is 5. The first-order chi connectivity index (χ1) is 13.5. The van der Waals surface area contributed by atoms with Gasteiger partial charge in [0.05, 0.1) is 30.6 Å². The minimum Gasteiger partial charge on any atom is -0.482 e. The Balaban J connectivity index is 1.55. The molecule has 0 spiro atoms. The molecule has 2 aliphatic heterocycles. The number of aliphatic hydroxyl groups is 2. The van der Waals surface area contributed by atoms with Crippen LogP contribution in [0.25, 0.3) is 0 Å². The van der Waals surface area contributed by atoms with Crippen LogP contribution < -0.4 is 10.1 Å². The molecule has 1 fully saturated rings. The van der Waals surface area contributed by atoms with E-state index in [0.29, 0.717) is 35.7 Å². The topological polar surface area (TPSA) is 88.0 Å². The molecule has 6 nitrogen and oxygen atoms in total. The third kappa shape index (κ3) is 4.15. The number of halogens is 1. The van der Waals surface area contributed by atoms with E-state index in [0.717, 1.165) is 16.7 Å². The predicted octanol–water partition coefficient (Wildman–Crippen LogP) is 2.84. The van der Waals surface area contributed by atoms with Gasteiger partial charge in [0.25, 0.3) is 5.91 Å². The Bertz CT molecular complexity index is 887. The van der Waals surface area contributed by atoms with Crippen molar-refractivity contribution in [1.82, 2.24) is 0 Å². The molecule has 0 aromatic heterocycles. The van der Waals surface area contributed by atoms with Crippen molar-refractivity contribution in [2.24, 2.45) is 0 Å². The van der Waals surface area contributed by atoms with Gasteiger partial charge < -0.3 is 25.0 Å². The normalized spacial score (nSPS) is 24.2. The number of anilines is 1. The van der Waals surface area contributed by atoms with Crippen LogP contribution in [0.3, 0.4) is 0 Å². The second-order valence-electron chi connectivity index (χ2n) is 7.25. The number of carbonyl (C=O) groups excluding carboxylic acids is 1. The van der Waals surface area contributed by atoms with E-state index in [1.165, 1.54) is 0 Å². The van der Waals surface area contributed by atoms with E-state index in [4.69, 9.17) is 21.1 Å². The maximum atomic E-state index is 11.4. The van der Waals surface area contributed by atoms with Gasteiger partial charge in [-0.25, -0.2) is 0 Å². The molecule has 0 saturated carbocycles. The summed E-state index contributed by atoms with van der Waals surface area (Å²) in [6.45, 7) is -0.0975. The van der Waals surface area contributed by atoms with Gasteiger partial charge in [0, 0.05) is 17.9 Å². The minimum absolute atomic E-state index is 0.0140. The highest BCUT2D eigenvalue weighted by atomic mass is 35.5. The largest absolute Gasteiger partial charge is 0.482 e. The Labute approximate surface area is 168 Å². The fourth-order valence-corrected chi connectivity index (χ4v) is 3.89. The molecule has 7 heteroatoms. The molecule has 2 aliphatic rings. The maximum absolute atomic E-state index is 11.4. The number of carbonyl (C=O) groups is 1. The van der Waals surface area contributed by atoms with E-state index < -0.39 is 6.10 Å². The van der Waals surface area contributed by atoms with Crippen molar-refractivity contribution < 1.29 is 24.5 Å². The average Bonchev–Trinajstić information content (AvgIpc) is 2.69. The Morgan fingerprint density at radius 2 is 2.04 bits per heavy atom. The van der Waals surface area contributed by atoms with Crippen molar-refractivity contribution in [1.29, 1.82) is 0 Å². The Hall–Kier alpha value is -2.12. The summed E-state index contributed by atoms with van der Waals surface area (Å²) in [4.78, 5) is 11.4. The molecule has 3 unspecified atom stereocenters. The van der Waals surface area contributed by atoms with Gasteiger partial charge in [0.15, 0.2) is 6.61 Å². The van der Waals surface area contributed by atoms with Crippen LogP contribution in [0.2, 0.25) is 5.02 Å². The van der Waals surface area contributed by atoms with Crippen molar-refractivity contribution in [3.8, 4) is 5.75 Å². The number of rotatable bonds is 4. The molecule has 2 aromatic rings. The molecule has 1 amide bonds. The minimum atomic E-state index is -0.497. The van der Waals surface area contributed by atoms with Gasteiger partial charge in [0.1, 0.15) is 5.75 Å². The van der Waals surface area contributed by atoms with Gasteiger partial charge in [-0.1, -0.05) is 29.8 Å². The zero-order valence-corrected chi connectivity index (χ0v) is 16.0. The van der Waals surface area contributed by atoms with Crippen molar-refractivity contribution >= 4 is 23.2 Å². The highest BCUT2D eigenvalue weighted by Crippen LogP contribution is 2.35. The molecule has 4 rings (SSSR count). The standard InChI is InChI=1S/C21H22ClNO5/c22-17-3-2-13(19-9-15(25)8-16(10-24)28-19)7-14(17)5-12-1-4-18-20(6-12)27-11-21(26)23-18/h1-4,6-7,15-16,19,24-25H,5,8-11H2,(H,23,26). The van der Waals surface area contributed by atoms with E-state index in [-0.39, 0.29) is 31.3 Å². The highest BCUT2D eigenvalue weighted by molar-refractivity contribution is 6.31. The first-order valence-electron chi connectivity index (χ1n) is 9.30. The molecule has 3 atom stereocenters. The van der Waals surface area contributed by atoms with Gasteiger partial charge in [-0.15, -0.1) is 0 Å². The monoisotopic (exact) mass is 403 g/mol. The van der Waals surface area contributed by atoms with Crippen LogP contribution in [-0.2, 0) is 16.0 Å². The van der Waals surface area contributed by atoms with E-state index in [1.807, 2.05) is 36.4 Å². The predicted molar refractivity (Wildman–Crippen MR) is 105 cm³/mol. The summed E-state index contributed by atoms with van der Waals surface area (Å²) in [5.41, 5.74) is 3.53. The highest BCUT2D eigenvalue weighted by Gasteiger charge is 2.29. The number of ether oxygens (including phenoxy) is 2. The van der Waals surface area contributed by atoms with E-state index in [2.05, 4.69) is 5.32 Å². The smallest absolute Gasteiger partial charge is 0.262 e. The fourth-order valence-electron chi connectivity index (χ4n) is 3.70. The first kappa shape index (κ1) is 19.2. The summed E-state index contributed by atoms with van der Waals surface area (Å²) < 4.78 is 11.4. The molecule has 0 bridgehead atoms. The first-order valence-corrected chi connectivity index (χ1v) is 9.68. The van der Waals surface area contributed by atoms with Crippen LogP contribution >= 0.6 is 11.6 Å². The lowest BCUT2D eigenvalue weighted by Gasteiger charge is -2.32. The fraction of sp³-hybridized carbons (Fsp3) is 0.381. The lowest BCUT2D eigenvalue weighted by Crippen LogP contribution is -2.33. The Morgan fingerprint density at radius 3 is 2.86 bits per heavy atom. The number of fused-ring (bicyclic) bond motifs is 1. The molecule has 148 valence electrons. The van der Waals surface area contributed by atoms with Crippen LogP contribution in [0.1, 0.15) is 35.6 Å². The van der Waals surface area contributed by atoms with Crippen LogP contribution in [0.4, 0.5) is 5.69 Å². The summed E-state index contributed by atoms with van der Waals surface area (Å²) in [6, 6.07) is 11.4. The summed E-state index contributed by atoms with van der Waals surface area (Å²) in [7, 11) is 0. The zero-order chi connectivity index (χ0) is 19.7. The molecule has 2 heterocycles. The van der Waals surface area contributed by atoms with Crippen LogP contribution in [-0.4, -0.2) is 41.5 Å². The molecular formula is C21H22ClNO5. The van der Waals surface area contributed by atoms with Crippen LogP contribution in [0, 0.1) is 0 Å². The zero-order valence-electron chi connectivity index (χ0n) is 15.2. The van der Waals surface area contributed by atoms with Gasteiger partial charge in [-0.2, -0.15) is 0 Å². The number of amides is 1. The third-order valence-electron chi connectivity index (χ3n) is 5.10. The summed E-state index contributed by atoms with van der Waals surface area (Å²) in [5.74, 6) is 0.487. The average molecular weight is 404 g/mol. The van der Waals surface area contributed by atoms with Gasteiger partial charge in [-0.05, 0) is 41.3 Å². The molecule has 3 N–H and O–H groups in total. The summed E-state index contributed by atoms with van der Waals surface area (Å²) in [5, 5.41) is 22.9. The number of nitrogens with one attached hydrogen (secondary N) is 1. The van der Waals surface area contributed by atoms with Gasteiger partial charge >= 0.3 is 0 Å². The third-order valence-corrected chi connectivity index (χ3v) is 5.47. The lowest BCUT2D eigenvalue weighted by atomic mass is 9.94. The SMILES string of the molecule is O=C1COc2cc(Cc3cc(C4CC(O)CC(CO)O4)ccc3Cl)ccc2N1. The van der Waals surface area contributed by atoms with Crippen molar-refractivity contribution in [3.05, 3.63) is 58.1 Å². The van der Waals surface area contributed by atoms with Crippen molar-refractivity contribution in [2.45, 2.75) is 37.6 Å². The van der Waals surface area contributed by atoms with Gasteiger partial charge in [-0.3, -0.25) is 4.79 Å². The maximum Gasteiger partial charge on any atom is 0.262 e. The summed E-state index contributed by atoms with van der Waals surface area (Å²) >= 11 is 6.41. The van der Waals surface area contributed by atoms with Crippen LogP contribution in [0.15, 0.2) is 36.4 Å². The van der Waals surface area contributed by atoms with Crippen molar-refractivity contribution in [2.75, 3.05) is 18.5 Å². The second kappa shape index (κ2) is 8.09. The Kier molecular flexibility index (Phi) is 5.55. The number of hydrogen-bond donors (Lipinski definition) is 3. The number of aliphatic hydroxyl groups excluding tert-OH is 2.